The molecule has 0 bridgehead atoms. The van der Waals surface area contributed by atoms with Crippen molar-refractivity contribution in [2.24, 2.45) is 0 Å². The second kappa shape index (κ2) is 7.48. The lowest BCUT2D eigenvalue weighted by Gasteiger charge is -2.15. The molecule has 0 heterocycles. The number of hydrogen-bond donors (Lipinski definition) is 0. The maximum Gasteiger partial charge on any atom is 0.338 e. The van der Waals surface area contributed by atoms with Crippen LogP contribution in [0.15, 0.2) is 30.3 Å². The summed E-state index contributed by atoms with van der Waals surface area (Å²) in [6, 6.07) is 8.72. The highest BCUT2D eigenvalue weighted by atomic mass is 16.6. The van der Waals surface area contributed by atoms with E-state index < -0.39 is 12.1 Å². The summed E-state index contributed by atoms with van der Waals surface area (Å²) < 4.78 is 10.1. The van der Waals surface area contributed by atoms with Gasteiger partial charge in [0.25, 0.3) is 0 Å². The summed E-state index contributed by atoms with van der Waals surface area (Å²) in [6.07, 6.45) is 0.247. The molecule has 1 atom stereocenters. The minimum Gasteiger partial charge on any atom is -0.466 e. The molecule has 0 aliphatic heterocycles. The summed E-state index contributed by atoms with van der Waals surface area (Å²) in [5.41, 5.74) is 0.486. The summed E-state index contributed by atoms with van der Waals surface area (Å²) >= 11 is 0. The molecule has 4 heteroatoms. The second-order valence-corrected chi connectivity index (χ2v) is 3.81. The molecule has 4 nitrogen and oxygen atoms in total. The molecule has 98 valence electrons. The third-order valence-corrected chi connectivity index (χ3v) is 2.44. The molecular formula is C14H18O4. The predicted octanol–water partition coefficient (Wildman–Crippen LogP) is 2.58. The van der Waals surface area contributed by atoms with Gasteiger partial charge in [0.05, 0.1) is 18.6 Å². The van der Waals surface area contributed by atoms with Crippen LogP contribution in [0.25, 0.3) is 0 Å². The maximum atomic E-state index is 11.8. The van der Waals surface area contributed by atoms with Crippen molar-refractivity contribution in [3.05, 3.63) is 35.9 Å². The molecule has 0 aliphatic carbocycles. The average molecular weight is 250 g/mol. The molecule has 18 heavy (non-hydrogen) atoms. The molecule has 1 aromatic carbocycles. The molecule has 1 aromatic rings. The van der Waals surface area contributed by atoms with Gasteiger partial charge in [-0.1, -0.05) is 25.1 Å². The Morgan fingerprint density at radius 1 is 1.17 bits per heavy atom. The van der Waals surface area contributed by atoms with E-state index in [4.69, 9.17) is 9.47 Å². The molecule has 0 aromatic heterocycles. The quantitative estimate of drug-likeness (QED) is 0.728. The van der Waals surface area contributed by atoms with E-state index in [2.05, 4.69) is 0 Å². The van der Waals surface area contributed by atoms with Gasteiger partial charge in [-0.05, 0) is 25.5 Å². The van der Waals surface area contributed by atoms with Gasteiger partial charge in [-0.3, -0.25) is 4.79 Å². The first-order valence-corrected chi connectivity index (χ1v) is 6.09. The van der Waals surface area contributed by atoms with Crippen molar-refractivity contribution in [2.75, 3.05) is 6.61 Å². The van der Waals surface area contributed by atoms with E-state index in [9.17, 15) is 9.59 Å². The van der Waals surface area contributed by atoms with Gasteiger partial charge in [0.15, 0.2) is 0 Å². The highest BCUT2D eigenvalue weighted by molar-refractivity contribution is 5.89. The number of carbonyl (C=O) groups is 2. The van der Waals surface area contributed by atoms with Crippen LogP contribution in [-0.2, 0) is 14.3 Å². The van der Waals surface area contributed by atoms with Gasteiger partial charge in [0.1, 0.15) is 6.10 Å². The molecular weight excluding hydrogens is 232 g/mol. The van der Waals surface area contributed by atoms with Crippen molar-refractivity contribution in [3.63, 3.8) is 0 Å². The van der Waals surface area contributed by atoms with E-state index in [0.717, 1.165) is 0 Å². The van der Waals surface area contributed by atoms with Crippen LogP contribution in [-0.4, -0.2) is 24.6 Å². The first-order valence-electron chi connectivity index (χ1n) is 6.09. The Hall–Kier alpha value is -1.84. The Kier molecular flexibility index (Phi) is 5.91. The van der Waals surface area contributed by atoms with Gasteiger partial charge in [-0.25, -0.2) is 4.79 Å². The Morgan fingerprint density at radius 2 is 1.83 bits per heavy atom. The van der Waals surface area contributed by atoms with Crippen LogP contribution in [0.3, 0.4) is 0 Å². The van der Waals surface area contributed by atoms with Crippen molar-refractivity contribution >= 4 is 11.9 Å². The Morgan fingerprint density at radius 3 is 2.39 bits per heavy atom. The summed E-state index contributed by atoms with van der Waals surface area (Å²) in [4.78, 5) is 23.1. The lowest BCUT2D eigenvalue weighted by atomic mass is 10.2. The summed E-state index contributed by atoms with van der Waals surface area (Å²) in [5.74, 6) is -0.753. The van der Waals surface area contributed by atoms with Crippen LogP contribution in [0.2, 0.25) is 0 Å². The van der Waals surface area contributed by atoms with E-state index in [0.29, 0.717) is 18.6 Å². The van der Waals surface area contributed by atoms with E-state index in [1.165, 1.54) is 0 Å². The van der Waals surface area contributed by atoms with Crippen molar-refractivity contribution in [1.82, 2.24) is 0 Å². The largest absolute Gasteiger partial charge is 0.466 e. The summed E-state index contributed by atoms with van der Waals surface area (Å²) in [6.45, 7) is 3.94. The fourth-order valence-electron chi connectivity index (χ4n) is 1.47. The fraction of sp³-hybridized carbons (Fsp3) is 0.429. The Balaban J connectivity index is 2.53. The minimum absolute atomic E-state index is 0.100. The van der Waals surface area contributed by atoms with Crippen LogP contribution in [0, 0.1) is 0 Å². The highest BCUT2D eigenvalue weighted by Gasteiger charge is 2.18. The van der Waals surface area contributed by atoms with Crippen molar-refractivity contribution < 1.29 is 19.1 Å². The summed E-state index contributed by atoms with van der Waals surface area (Å²) in [5, 5.41) is 0. The molecule has 1 rings (SSSR count). The maximum absolute atomic E-state index is 11.8. The number of esters is 2. The lowest BCUT2D eigenvalue weighted by Crippen LogP contribution is -2.22. The zero-order valence-electron chi connectivity index (χ0n) is 10.7. The zero-order chi connectivity index (χ0) is 13.4. The molecule has 0 amide bonds. The van der Waals surface area contributed by atoms with Gasteiger partial charge in [0.2, 0.25) is 0 Å². The van der Waals surface area contributed by atoms with Gasteiger partial charge in [-0.15, -0.1) is 0 Å². The van der Waals surface area contributed by atoms with Crippen molar-refractivity contribution in [3.8, 4) is 0 Å². The SMILES string of the molecule is CCOC(=O)CC(CC)OC(=O)c1ccccc1. The number of ether oxygens (including phenoxy) is 2. The number of benzene rings is 1. The van der Waals surface area contributed by atoms with E-state index >= 15 is 0 Å². The molecule has 0 N–H and O–H groups in total. The average Bonchev–Trinajstić information content (AvgIpc) is 2.39. The van der Waals surface area contributed by atoms with E-state index in [1.54, 1.807) is 31.2 Å². The van der Waals surface area contributed by atoms with Gasteiger partial charge >= 0.3 is 11.9 Å². The molecule has 0 spiro atoms. The van der Waals surface area contributed by atoms with Crippen LogP contribution in [0.5, 0.6) is 0 Å². The van der Waals surface area contributed by atoms with Gasteiger partial charge in [0, 0.05) is 0 Å². The van der Waals surface area contributed by atoms with E-state index in [-0.39, 0.29) is 12.4 Å². The Labute approximate surface area is 107 Å². The standard InChI is InChI=1S/C14H18O4/c1-3-12(10-13(15)17-4-2)18-14(16)11-8-6-5-7-9-11/h5-9,12H,3-4,10H2,1-2H3. The normalized spacial score (nSPS) is 11.7. The van der Waals surface area contributed by atoms with Crippen LogP contribution in [0.4, 0.5) is 0 Å². The van der Waals surface area contributed by atoms with Crippen LogP contribution < -0.4 is 0 Å². The second-order valence-electron chi connectivity index (χ2n) is 3.81. The Bertz CT molecular complexity index is 386. The lowest BCUT2D eigenvalue weighted by molar-refractivity contribution is -0.145. The summed E-state index contributed by atoms with van der Waals surface area (Å²) in [7, 11) is 0. The number of hydrogen-bond acceptors (Lipinski definition) is 4. The number of carbonyl (C=O) groups excluding carboxylic acids is 2. The topological polar surface area (TPSA) is 52.6 Å². The van der Waals surface area contributed by atoms with Crippen molar-refractivity contribution in [2.45, 2.75) is 32.8 Å². The third kappa shape index (κ3) is 4.57. The van der Waals surface area contributed by atoms with E-state index in [1.807, 2.05) is 13.0 Å². The molecule has 1 unspecified atom stereocenters. The molecule has 0 saturated heterocycles. The van der Waals surface area contributed by atoms with Crippen molar-refractivity contribution in [1.29, 1.82) is 0 Å². The molecule has 0 saturated carbocycles. The first-order chi connectivity index (χ1) is 8.67. The third-order valence-electron chi connectivity index (χ3n) is 2.44. The number of rotatable bonds is 6. The van der Waals surface area contributed by atoms with Crippen LogP contribution >= 0.6 is 0 Å². The zero-order valence-corrected chi connectivity index (χ0v) is 10.7. The molecule has 0 aliphatic rings. The van der Waals surface area contributed by atoms with Gasteiger partial charge < -0.3 is 9.47 Å². The van der Waals surface area contributed by atoms with Gasteiger partial charge in [-0.2, -0.15) is 0 Å². The smallest absolute Gasteiger partial charge is 0.338 e. The molecule has 0 fully saturated rings. The highest BCUT2D eigenvalue weighted by Crippen LogP contribution is 2.10. The van der Waals surface area contributed by atoms with Crippen LogP contribution in [0.1, 0.15) is 37.0 Å². The fourth-order valence-corrected chi connectivity index (χ4v) is 1.47. The minimum atomic E-state index is -0.434. The monoisotopic (exact) mass is 250 g/mol. The molecule has 0 radical (unpaired) electrons. The first kappa shape index (κ1) is 14.2. The predicted molar refractivity (Wildman–Crippen MR) is 67.2 cm³/mol.